The molecule has 1 atom stereocenters. The Labute approximate surface area is 124 Å². The Bertz CT molecular complexity index is 334. The van der Waals surface area contributed by atoms with Crippen molar-refractivity contribution in [3.05, 3.63) is 33.3 Å². The Balaban J connectivity index is 2.49. The third kappa shape index (κ3) is 5.73. The van der Waals surface area contributed by atoms with Crippen molar-refractivity contribution in [2.24, 2.45) is 0 Å². The average molecular weight is 333 g/mol. The van der Waals surface area contributed by atoms with Gasteiger partial charge in [-0.1, -0.05) is 66.6 Å². The number of nitrogens with one attached hydrogen (secondary N) is 1. The predicted octanol–water partition coefficient (Wildman–Crippen LogP) is 5.72. The molecule has 3 heteroatoms. The van der Waals surface area contributed by atoms with Gasteiger partial charge in [0.2, 0.25) is 0 Å². The smallest absolute Gasteiger partial charge is 0.0420 e. The summed E-state index contributed by atoms with van der Waals surface area (Å²) in [6.45, 7) is 2.25. The van der Waals surface area contributed by atoms with Gasteiger partial charge in [0.05, 0.1) is 0 Å². The van der Waals surface area contributed by atoms with E-state index in [4.69, 9.17) is 11.6 Å². The normalized spacial score (nSPS) is 12.7. The lowest BCUT2D eigenvalue weighted by molar-refractivity contribution is 0.500. The molecule has 1 aromatic carbocycles. The van der Waals surface area contributed by atoms with Crippen LogP contribution in [0.5, 0.6) is 0 Å². The molecule has 0 aromatic heterocycles. The van der Waals surface area contributed by atoms with E-state index in [1.807, 2.05) is 13.1 Å². The first-order chi connectivity index (χ1) is 8.67. The molecule has 0 heterocycles. The summed E-state index contributed by atoms with van der Waals surface area (Å²) in [4.78, 5) is 0. The second-order valence-electron chi connectivity index (χ2n) is 4.75. The minimum atomic E-state index is 0.404. The lowest BCUT2D eigenvalue weighted by Gasteiger charge is -2.17. The zero-order valence-corrected chi connectivity index (χ0v) is 13.6. The molecule has 102 valence electrons. The van der Waals surface area contributed by atoms with Crippen LogP contribution in [0.3, 0.4) is 0 Å². The number of unbranched alkanes of at least 4 members (excludes halogenated alkanes) is 4. The van der Waals surface area contributed by atoms with Crippen molar-refractivity contribution in [1.82, 2.24) is 5.32 Å². The van der Waals surface area contributed by atoms with E-state index < -0.39 is 0 Å². The first-order valence-electron chi connectivity index (χ1n) is 6.80. The van der Waals surface area contributed by atoms with Gasteiger partial charge in [-0.2, -0.15) is 0 Å². The Kier molecular flexibility index (Phi) is 7.96. The molecule has 0 saturated heterocycles. The molecule has 1 unspecified atom stereocenters. The molecular formula is C15H23BrClN. The van der Waals surface area contributed by atoms with E-state index in [9.17, 15) is 0 Å². The quantitative estimate of drug-likeness (QED) is 0.600. The fourth-order valence-electron chi connectivity index (χ4n) is 2.21. The molecular weight excluding hydrogens is 310 g/mol. The van der Waals surface area contributed by atoms with Crippen LogP contribution in [-0.2, 0) is 0 Å². The second kappa shape index (κ2) is 8.95. The van der Waals surface area contributed by atoms with E-state index in [0.29, 0.717) is 6.04 Å². The van der Waals surface area contributed by atoms with Crippen molar-refractivity contribution in [3.8, 4) is 0 Å². The Morgan fingerprint density at radius 1 is 1.17 bits per heavy atom. The minimum Gasteiger partial charge on any atom is -0.313 e. The van der Waals surface area contributed by atoms with E-state index in [-0.39, 0.29) is 0 Å². The van der Waals surface area contributed by atoms with E-state index in [1.165, 1.54) is 44.1 Å². The van der Waals surface area contributed by atoms with Gasteiger partial charge < -0.3 is 5.32 Å². The fraction of sp³-hybridized carbons (Fsp3) is 0.600. The summed E-state index contributed by atoms with van der Waals surface area (Å²) in [7, 11) is 2.02. The SMILES string of the molecule is CCCCCCCC(NC)c1cc(Cl)cc(Br)c1. The van der Waals surface area contributed by atoms with Crippen LogP contribution >= 0.6 is 27.5 Å². The van der Waals surface area contributed by atoms with Gasteiger partial charge in [0, 0.05) is 15.5 Å². The number of hydrogen-bond acceptors (Lipinski definition) is 1. The van der Waals surface area contributed by atoms with Gasteiger partial charge in [-0.05, 0) is 37.2 Å². The number of benzene rings is 1. The molecule has 0 fully saturated rings. The highest BCUT2D eigenvalue weighted by Crippen LogP contribution is 2.26. The molecule has 1 aromatic rings. The molecule has 0 radical (unpaired) electrons. The summed E-state index contributed by atoms with van der Waals surface area (Å²) in [5.74, 6) is 0. The summed E-state index contributed by atoms with van der Waals surface area (Å²) in [5, 5.41) is 4.18. The minimum absolute atomic E-state index is 0.404. The maximum Gasteiger partial charge on any atom is 0.0420 e. The molecule has 1 rings (SSSR count). The summed E-state index contributed by atoms with van der Waals surface area (Å²) in [6, 6.07) is 6.54. The molecule has 0 aliphatic carbocycles. The first kappa shape index (κ1) is 16.0. The molecule has 0 spiro atoms. The largest absolute Gasteiger partial charge is 0.313 e. The van der Waals surface area contributed by atoms with Crippen LogP contribution < -0.4 is 5.32 Å². The zero-order valence-electron chi connectivity index (χ0n) is 11.3. The first-order valence-corrected chi connectivity index (χ1v) is 7.97. The van der Waals surface area contributed by atoms with Crippen LogP contribution in [0.1, 0.15) is 57.1 Å². The lowest BCUT2D eigenvalue weighted by Crippen LogP contribution is -2.16. The summed E-state index contributed by atoms with van der Waals surface area (Å²) >= 11 is 9.60. The Hall–Kier alpha value is -0.0500. The third-order valence-electron chi connectivity index (χ3n) is 3.23. The van der Waals surface area contributed by atoms with Crippen LogP contribution in [0.4, 0.5) is 0 Å². The Morgan fingerprint density at radius 2 is 1.89 bits per heavy atom. The molecule has 0 saturated carbocycles. The van der Waals surface area contributed by atoms with Gasteiger partial charge in [-0.25, -0.2) is 0 Å². The van der Waals surface area contributed by atoms with E-state index in [0.717, 1.165) is 9.50 Å². The number of rotatable bonds is 8. The summed E-state index contributed by atoms with van der Waals surface area (Å²) < 4.78 is 1.05. The highest BCUT2D eigenvalue weighted by molar-refractivity contribution is 9.10. The summed E-state index contributed by atoms with van der Waals surface area (Å²) in [5.41, 5.74) is 1.27. The maximum absolute atomic E-state index is 6.10. The summed E-state index contributed by atoms with van der Waals surface area (Å²) in [6.07, 6.45) is 7.78. The van der Waals surface area contributed by atoms with Gasteiger partial charge in [0.25, 0.3) is 0 Å². The monoisotopic (exact) mass is 331 g/mol. The predicted molar refractivity (Wildman–Crippen MR) is 84.3 cm³/mol. The van der Waals surface area contributed by atoms with Crippen molar-refractivity contribution in [3.63, 3.8) is 0 Å². The van der Waals surface area contributed by atoms with Crippen LogP contribution in [0.25, 0.3) is 0 Å². The van der Waals surface area contributed by atoms with Crippen LogP contribution in [0, 0.1) is 0 Å². The van der Waals surface area contributed by atoms with E-state index >= 15 is 0 Å². The Morgan fingerprint density at radius 3 is 2.50 bits per heavy atom. The second-order valence-corrected chi connectivity index (χ2v) is 6.10. The van der Waals surface area contributed by atoms with Crippen LogP contribution in [-0.4, -0.2) is 7.05 Å². The molecule has 18 heavy (non-hydrogen) atoms. The van der Waals surface area contributed by atoms with Gasteiger partial charge in [-0.15, -0.1) is 0 Å². The van der Waals surface area contributed by atoms with E-state index in [1.54, 1.807) is 0 Å². The van der Waals surface area contributed by atoms with Gasteiger partial charge in [0.15, 0.2) is 0 Å². The van der Waals surface area contributed by atoms with Crippen molar-refractivity contribution in [2.75, 3.05) is 7.05 Å². The molecule has 1 N–H and O–H groups in total. The van der Waals surface area contributed by atoms with Gasteiger partial charge in [0.1, 0.15) is 0 Å². The van der Waals surface area contributed by atoms with Gasteiger partial charge in [-0.3, -0.25) is 0 Å². The average Bonchev–Trinajstić information content (AvgIpc) is 2.32. The highest BCUT2D eigenvalue weighted by Gasteiger charge is 2.10. The van der Waals surface area contributed by atoms with Crippen molar-refractivity contribution < 1.29 is 0 Å². The van der Waals surface area contributed by atoms with Crippen LogP contribution in [0.15, 0.2) is 22.7 Å². The number of hydrogen-bond donors (Lipinski definition) is 1. The van der Waals surface area contributed by atoms with E-state index in [2.05, 4.69) is 40.3 Å². The molecule has 0 amide bonds. The number of halogens is 2. The molecule has 1 nitrogen and oxygen atoms in total. The third-order valence-corrected chi connectivity index (χ3v) is 3.91. The highest BCUT2D eigenvalue weighted by atomic mass is 79.9. The van der Waals surface area contributed by atoms with Crippen molar-refractivity contribution in [1.29, 1.82) is 0 Å². The molecule has 0 bridgehead atoms. The topological polar surface area (TPSA) is 12.0 Å². The lowest BCUT2D eigenvalue weighted by atomic mass is 10.00. The molecule has 0 aliphatic rings. The maximum atomic E-state index is 6.10. The zero-order chi connectivity index (χ0) is 13.4. The van der Waals surface area contributed by atoms with Gasteiger partial charge >= 0.3 is 0 Å². The van der Waals surface area contributed by atoms with Crippen molar-refractivity contribution in [2.45, 2.75) is 51.5 Å². The van der Waals surface area contributed by atoms with Crippen molar-refractivity contribution >= 4 is 27.5 Å². The van der Waals surface area contributed by atoms with Crippen LogP contribution in [0.2, 0.25) is 5.02 Å². The molecule has 0 aliphatic heterocycles. The standard InChI is InChI=1S/C15H23BrClN/c1-3-4-5-6-7-8-15(18-2)12-9-13(16)11-14(17)10-12/h9-11,15,18H,3-8H2,1-2H3. The fourth-order valence-corrected chi connectivity index (χ4v) is 3.09.